The Bertz CT molecular complexity index is 651. The first-order valence-electron chi connectivity index (χ1n) is 9.64. The number of ether oxygens (including phenoxy) is 3. The van der Waals surface area contributed by atoms with Crippen molar-refractivity contribution in [2.24, 2.45) is 0 Å². The van der Waals surface area contributed by atoms with Crippen LogP contribution in [0, 0.1) is 0 Å². The summed E-state index contributed by atoms with van der Waals surface area (Å²) in [5.41, 5.74) is -0.802. The molecule has 27 heavy (non-hydrogen) atoms. The van der Waals surface area contributed by atoms with Crippen LogP contribution in [0.25, 0.3) is 0 Å². The Balaban J connectivity index is 1.66. The molecule has 7 heteroatoms. The van der Waals surface area contributed by atoms with Gasteiger partial charge in [-0.25, -0.2) is 4.39 Å². The number of morpholine rings is 1. The SMILES string of the molecule is CCOc1ccc(CN2CCC[C@@](F)(C(=O)N3CCOCC3)C2)cc1OC. The number of hydrogen-bond acceptors (Lipinski definition) is 5. The second-order valence-electron chi connectivity index (χ2n) is 7.10. The Morgan fingerprint density at radius 3 is 2.74 bits per heavy atom. The Morgan fingerprint density at radius 1 is 1.26 bits per heavy atom. The van der Waals surface area contributed by atoms with E-state index in [2.05, 4.69) is 0 Å². The van der Waals surface area contributed by atoms with Crippen molar-refractivity contribution < 1.29 is 23.4 Å². The average Bonchev–Trinajstić information content (AvgIpc) is 2.69. The van der Waals surface area contributed by atoms with Crippen LogP contribution in [0.2, 0.25) is 0 Å². The number of benzene rings is 1. The van der Waals surface area contributed by atoms with E-state index in [-0.39, 0.29) is 18.9 Å². The van der Waals surface area contributed by atoms with Crippen LogP contribution in [0.1, 0.15) is 25.3 Å². The van der Waals surface area contributed by atoms with Crippen molar-refractivity contribution in [3.05, 3.63) is 23.8 Å². The molecule has 2 saturated heterocycles. The Labute approximate surface area is 160 Å². The molecule has 1 aromatic rings. The van der Waals surface area contributed by atoms with Gasteiger partial charge in [-0.05, 0) is 44.0 Å². The van der Waals surface area contributed by atoms with E-state index in [1.54, 1.807) is 12.0 Å². The van der Waals surface area contributed by atoms with Crippen molar-refractivity contribution in [2.75, 3.05) is 53.1 Å². The van der Waals surface area contributed by atoms with Crippen LogP contribution in [0.4, 0.5) is 4.39 Å². The second kappa shape index (κ2) is 8.89. The van der Waals surface area contributed by atoms with E-state index in [0.29, 0.717) is 57.4 Å². The molecule has 150 valence electrons. The van der Waals surface area contributed by atoms with Gasteiger partial charge in [0, 0.05) is 26.2 Å². The van der Waals surface area contributed by atoms with E-state index in [4.69, 9.17) is 14.2 Å². The highest BCUT2D eigenvalue weighted by molar-refractivity contribution is 5.85. The number of piperidine rings is 1. The maximum absolute atomic E-state index is 15.5. The van der Waals surface area contributed by atoms with Crippen LogP contribution in [0.15, 0.2) is 18.2 Å². The first-order valence-corrected chi connectivity index (χ1v) is 9.64. The first kappa shape index (κ1) is 19.9. The van der Waals surface area contributed by atoms with Gasteiger partial charge in [-0.15, -0.1) is 0 Å². The number of amides is 1. The fourth-order valence-corrected chi connectivity index (χ4v) is 3.80. The van der Waals surface area contributed by atoms with Crippen LogP contribution >= 0.6 is 0 Å². The third-order valence-electron chi connectivity index (χ3n) is 5.14. The van der Waals surface area contributed by atoms with Gasteiger partial charge >= 0.3 is 0 Å². The van der Waals surface area contributed by atoms with Gasteiger partial charge < -0.3 is 19.1 Å². The van der Waals surface area contributed by atoms with Gasteiger partial charge in [0.25, 0.3) is 5.91 Å². The van der Waals surface area contributed by atoms with E-state index >= 15 is 4.39 Å². The smallest absolute Gasteiger partial charge is 0.261 e. The third kappa shape index (κ3) is 4.71. The lowest BCUT2D eigenvalue weighted by atomic mass is 9.92. The fourth-order valence-electron chi connectivity index (χ4n) is 3.80. The Hall–Kier alpha value is -1.86. The second-order valence-corrected chi connectivity index (χ2v) is 7.10. The molecule has 0 saturated carbocycles. The first-order chi connectivity index (χ1) is 13.1. The normalized spacial score (nSPS) is 23.9. The van der Waals surface area contributed by atoms with Crippen molar-refractivity contribution >= 4 is 5.91 Å². The van der Waals surface area contributed by atoms with Gasteiger partial charge in [0.1, 0.15) is 0 Å². The minimum atomic E-state index is -1.81. The zero-order valence-electron chi connectivity index (χ0n) is 16.2. The molecule has 1 atom stereocenters. The van der Waals surface area contributed by atoms with E-state index in [1.807, 2.05) is 30.0 Å². The molecule has 2 fully saturated rings. The lowest BCUT2D eigenvalue weighted by Crippen LogP contribution is -2.57. The number of halogens is 1. The van der Waals surface area contributed by atoms with Gasteiger partial charge in [-0.1, -0.05) is 6.07 Å². The molecule has 0 unspecified atom stereocenters. The molecule has 0 aliphatic carbocycles. The van der Waals surface area contributed by atoms with Crippen LogP contribution in [0.5, 0.6) is 11.5 Å². The monoisotopic (exact) mass is 380 g/mol. The maximum Gasteiger partial charge on any atom is 0.261 e. The van der Waals surface area contributed by atoms with Crippen molar-refractivity contribution in [3.8, 4) is 11.5 Å². The quantitative estimate of drug-likeness (QED) is 0.758. The summed E-state index contributed by atoms with van der Waals surface area (Å²) in [5.74, 6) is 0.978. The predicted octanol–water partition coefficient (Wildman–Crippen LogP) is 2.26. The molecule has 3 rings (SSSR count). The largest absolute Gasteiger partial charge is 0.493 e. The van der Waals surface area contributed by atoms with Gasteiger partial charge in [0.05, 0.1) is 26.9 Å². The summed E-state index contributed by atoms with van der Waals surface area (Å²) in [4.78, 5) is 16.3. The van der Waals surface area contributed by atoms with Gasteiger partial charge in [0.15, 0.2) is 11.5 Å². The summed E-state index contributed by atoms with van der Waals surface area (Å²) < 4.78 is 31.7. The number of hydrogen-bond donors (Lipinski definition) is 0. The Kier molecular flexibility index (Phi) is 6.55. The lowest BCUT2D eigenvalue weighted by Gasteiger charge is -2.40. The lowest BCUT2D eigenvalue weighted by molar-refractivity contribution is -0.152. The van der Waals surface area contributed by atoms with Gasteiger partial charge in [-0.2, -0.15) is 0 Å². The molecule has 0 N–H and O–H groups in total. The zero-order chi connectivity index (χ0) is 19.3. The molecule has 1 aromatic carbocycles. The summed E-state index contributed by atoms with van der Waals surface area (Å²) in [5, 5.41) is 0. The number of carbonyl (C=O) groups is 1. The highest BCUT2D eigenvalue weighted by atomic mass is 19.1. The minimum Gasteiger partial charge on any atom is -0.493 e. The van der Waals surface area contributed by atoms with Gasteiger partial charge in [-0.3, -0.25) is 9.69 Å². The molecule has 2 aliphatic rings. The molecule has 0 aromatic heterocycles. The summed E-state index contributed by atoms with van der Waals surface area (Å²) >= 11 is 0. The average molecular weight is 380 g/mol. The number of alkyl halides is 1. The van der Waals surface area contributed by atoms with Crippen molar-refractivity contribution in [3.63, 3.8) is 0 Å². The standard InChI is InChI=1S/C20H29FN2O4/c1-3-27-17-6-5-16(13-18(17)25-2)14-22-8-4-7-20(21,15-22)19(24)23-9-11-26-12-10-23/h5-6,13H,3-4,7-12,14-15H2,1-2H3/t20-/m0/s1. The summed E-state index contributed by atoms with van der Waals surface area (Å²) in [7, 11) is 1.61. The number of likely N-dealkylation sites (tertiary alicyclic amines) is 1. The molecule has 0 radical (unpaired) electrons. The van der Waals surface area contributed by atoms with Crippen LogP contribution in [-0.4, -0.2) is 74.5 Å². The third-order valence-corrected chi connectivity index (χ3v) is 5.14. The van der Waals surface area contributed by atoms with Crippen molar-refractivity contribution in [2.45, 2.75) is 32.0 Å². The molecule has 6 nitrogen and oxygen atoms in total. The summed E-state index contributed by atoms with van der Waals surface area (Å²) in [6.45, 7) is 5.88. The zero-order valence-corrected chi connectivity index (χ0v) is 16.2. The molecule has 1 amide bonds. The maximum atomic E-state index is 15.5. The fraction of sp³-hybridized carbons (Fsp3) is 0.650. The molecule has 2 aliphatic heterocycles. The van der Waals surface area contributed by atoms with E-state index < -0.39 is 5.67 Å². The molecule has 0 spiro atoms. The summed E-state index contributed by atoms with van der Waals surface area (Å²) in [6, 6.07) is 5.76. The predicted molar refractivity (Wildman–Crippen MR) is 99.9 cm³/mol. The number of nitrogens with zero attached hydrogens (tertiary/aromatic N) is 2. The Morgan fingerprint density at radius 2 is 2.04 bits per heavy atom. The van der Waals surface area contributed by atoms with E-state index in [0.717, 1.165) is 12.1 Å². The molecule has 0 bridgehead atoms. The van der Waals surface area contributed by atoms with E-state index in [9.17, 15) is 4.79 Å². The van der Waals surface area contributed by atoms with Crippen LogP contribution < -0.4 is 9.47 Å². The van der Waals surface area contributed by atoms with Gasteiger partial charge in [0.2, 0.25) is 5.67 Å². The topological polar surface area (TPSA) is 51.2 Å². The van der Waals surface area contributed by atoms with Crippen LogP contribution in [0.3, 0.4) is 0 Å². The highest BCUT2D eigenvalue weighted by Crippen LogP contribution is 2.31. The van der Waals surface area contributed by atoms with Crippen LogP contribution in [-0.2, 0) is 16.1 Å². The van der Waals surface area contributed by atoms with Crippen molar-refractivity contribution in [1.29, 1.82) is 0 Å². The number of carbonyl (C=O) groups excluding carboxylic acids is 1. The minimum absolute atomic E-state index is 0.124. The van der Waals surface area contributed by atoms with Crippen molar-refractivity contribution in [1.82, 2.24) is 9.80 Å². The molecular formula is C20H29FN2O4. The number of rotatable bonds is 6. The highest BCUT2D eigenvalue weighted by Gasteiger charge is 2.45. The number of methoxy groups -OCH3 is 1. The summed E-state index contributed by atoms with van der Waals surface area (Å²) in [6.07, 6.45) is 0.951. The molecule has 2 heterocycles. The molecular weight excluding hydrogens is 351 g/mol. The van der Waals surface area contributed by atoms with E-state index in [1.165, 1.54) is 0 Å².